The van der Waals surface area contributed by atoms with Crippen molar-refractivity contribution in [3.05, 3.63) is 47.7 Å². The van der Waals surface area contributed by atoms with Crippen LogP contribution in [0.4, 0.5) is 5.88 Å². The molecule has 1 fully saturated rings. The van der Waals surface area contributed by atoms with Crippen molar-refractivity contribution >= 4 is 11.8 Å². The summed E-state index contributed by atoms with van der Waals surface area (Å²) in [5.41, 5.74) is 1.60. The Morgan fingerprint density at radius 3 is 2.79 bits per heavy atom. The van der Waals surface area contributed by atoms with Crippen LogP contribution < -0.4 is 10.2 Å². The molecule has 128 valence electrons. The molecule has 1 atom stereocenters. The molecule has 3 rings (SSSR count). The van der Waals surface area contributed by atoms with Crippen molar-refractivity contribution in [2.24, 2.45) is 0 Å². The predicted molar refractivity (Wildman–Crippen MR) is 91.2 cm³/mol. The lowest BCUT2D eigenvalue weighted by Crippen LogP contribution is -2.36. The van der Waals surface area contributed by atoms with Gasteiger partial charge in [-0.25, -0.2) is 0 Å². The number of morpholine rings is 1. The molecule has 6 nitrogen and oxygen atoms in total. The van der Waals surface area contributed by atoms with E-state index in [-0.39, 0.29) is 11.9 Å². The summed E-state index contributed by atoms with van der Waals surface area (Å²) in [5, 5.41) is 6.87. The molecular formula is C18H23N3O3. The van der Waals surface area contributed by atoms with Crippen LogP contribution in [0.5, 0.6) is 0 Å². The Kier molecular flexibility index (Phi) is 5.48. The van der Waals surface area contributed by atoms with E-state index in [0.717, 1.165) is 25.9 Å². The number of carbonyl (C=O) groups is 1. The first-order chi connectivity index (χ1) is 11.7. The minimum absolute atomic E-state index is 0.0706. The zero-order valence-corrected chi connectivity index (χ0v) is 13.9. The molecule has 6 heteroatoms. The topological polar surface area (TPSA) is 67.6 Å². The Morgan fingerprint density at radius 2 is 2.04 bits per heavy atom. The van der Waals surface area contributed by atoms with Crippen molar-refractivity contribution in [3.8, 4) is 0 Å². The average Bonchev–Trinajstić information content (AvgIpc) is 3.12. The number of aryl methyl sites for hydroxylation is 1. The third-order valence-electron chi connectivity index (χ3n) is 4.14. The van der Waals surface area contributed by atoms with Gasteiger partial charge >= 0.3 is 0 Å². The molecule has 0 aliphatic carbocycles. The number of nitrogens with one attached hydrogen (secondary N) is 1. The van der Waals surface area contributed by atoms with Crippen LogP contribution in [0.3, 0.4) is 0 Å². The van der Waals surface area contributed by atoms with Crippen LogP contribution in [0.2, 0.25) is 0 Å². The first-order valence-corrected chi connectivity index (χ1v) is 8.36. The lowest BCUT2D eigenvalue weighted by Gasteiger charge is -2.25. The zero-order chi connectivity index (χ0) is 16.8. The van der Waals surface area contributed by atoms with Crippen LogP contribution in [0.1, 0.15) is 29.4 Å². The number of hydrogen-bond acceptors (Lipinski definition) is 5. The van der Waals surface area contributed by atoms with Crippen LogP contribution in [0.15, 0.2) is 40.9 Å². The second-order valence-electron chi connectivity index (χ2n) is 6.05. The minimum Gasteiger partial charge on any atom is -0.378 e. The molecule has 0 unspecified atom stereocenters. The van der Waals surface area contributed by atoms with E-state index >= 15 is 0 Å². The molecule has 2 heterocycles. The van der Waals surface area contributed by atoms with Crippen molar-refractivity contribution in [1.29, 1.82) is 0 Å². The van der Waals surface area contributed by atoms with Gasteiger partial charge in [0.05, 0.1) is 13.2 Å². The maximum atomic E-state index is 12.3. The highest BCUT2D eigenvalue weighted by molar-refractivity contribution is 5.93. The average molecular weight is 329 g/mol. The lowest BCUT2D eigenvalue weighted by molar-refractivity contribution is 0.0929. The Labute approximate surface area is 141 Å². The highest BCUT2D eigenvalue weighted by Gasteiger charge is 2.19. The minimum atomic E-state index is -0.196. The largest absolute Gasteiger partial charge is 0.378 e. The lowest BCUT2D eigenvalue weighted by atomic mass is 10.1. The van der Waals surface area contributed by atoms with Crippen molar-refractivity contribution in [1.82, 2.24) is 10.5 Å². The Morgan fingerprint density at radius 1 is 1.29 bits per heavy atom. The number of hydrogen-bond donors (Lipinski definition) is 1. The number of carbonyl (C=O) groups excluding carboxylic acids is 1. The third kappa shape index (κ3) is 4.35. The summed E-state index contributed by atoms with van der Waals surface area (Å²) in [6.45, 7) is 4.84. The molecule has 0 saturated carbocycles. The second-order valence-corrected chi connectivity index (χ2v) is 6.05. The summed E-state index contributed by atoms with van der Waals surface area (Å²) in [4.78, 5) is 14.3. The maximum Gasteiger partial charge on any atom is 0.273 e. The molecule has 0 spiro atoms. The van der Waals surface area contributed by atoms with E-state index in [2.05, 4.69) is 22.6 Å². The van der Waals surface area contributed by atoms with E-state index in [1.807, 2.05) is 30.0 Å². The van der Waals surface area contributed by atoms with Gasteiger partial charge in [-0.15, -0.1) is 0 Å². The highest BCUT2D eigenvalue weighted by atomic mass is 16.5. The van der Waals surface area contributed by atoms with Gasteiger partial charge in [-0.3, -0.25) is 4.79 Å². The van der Waals surface area contributed by atoms with Gasteiger partial charge in [0.15, 0.2) is 5.69 Å². The van der Waals surface area contributed by atoms with E-state index in [1.165, 1.54) is 5.56 Å². The smallest absolute Gasteiger partial charge is 0.273 e. The Bertz CT molecular complexity index is 651. The highest BCUT2D eigenvalue weighted by Crippen LogP contribution is 2.17. The standard InChI is InChI=1S/C18H23N3O3/c1-14(7-8-15-5-3-2-4-6-15)19-18(22)16-13-17(24-20-16)21-9-11-23-12-10-21/h2-6,13-14H,7-12H2,1H3,(H,19,22)/t14-/m1/s1. The number of amides is 1. The summed E-state index contributed by atoms with van der Waals surface area (Å²) in [6, 6.07) is 12.0. The van der Waals surface area contributed by atoms with Crippen LogP contribution in [0.25, 0.3) is 0 Å². The van der Waals surface area contributed by atoms with Gasteiger partial charge in [-0.05, 0) is 25.3 Å². The second kappa shape index (κ2) is 7.97. The summed E-state index contributed by atoms with van der Waals surface area (Å²) in [5.74, 6) is 0.430. The van der Waals surface area contributed by atoms with Gasteiger partial charge in [0.25, 0.3) is 5.91 Å². The molecule has 1 aromatic heterocycles. The monoisotopic (exact) mass is 329 g/mol. The number of anilines is 1. The molecule has 2 aromatic rings. The third-order valence-corrected chi connectivity index (χ3v) is 4.14. The van der Waals surface area contributed by atoms with Crippen LogP contribution in [0, 0.1) is 0 Å². The fourth-order valence-electron chi connectivity index (χ4n) is 2.70. The molecule has 1 aliphatic rings. The van der Waals surface area contributed by atoms with E-state index in [1.54, 1.807) is 6.07 Å². The summed E-state index contributed by atoms with van der Waals surface area (Å²) in [7, 11) is 0. The molecule has 1 aliphatic heterocycles. The molecule has 1 N–H and O–H groups in total. The number of ether oxygens (including phenoxy) is 1. The quantitative estimate of drug-likeness (QED) is 0.880. The zero-order valence-electron chi connectivity index (χ0n) is 13.9. The van der Waals surface area contributed by atoms with Crippen molar-refractivity contribution < 1.29 is 14.1 Å². The first-order valence-electron chi connectivity index (χ1n) is 8.36. The molecule has 1 aromatic carbocycles. The van der Waals surface area contributed by atoms with E-state index in [4.69, 9.17) is 9.26 Å². The summed E-state index contributed by atoms with van der Waals surface area (Å²) in [6.07, 6.45) is 1.81. The molecular weight excluding hydrogens is 306 g/mol. The maximum absolute atomic E-state index is 12.3. The van der Waals surface area contributed by atoms with Crippen molar-refractivity contribution in [3.63, 3.8) is 0 Å². The van der Waals surface area contributed by atoms with Crippen LogP contribution >= 0.6 is 0 Å². The number of nitrogens with zero attached hydrogens (tertiary/aromatic N) is 2. The van der Waals surface area contributed by atoms with Gasteiger partial charge in [0.1, 0.15) is 0 Å². The van der Waals surface area contributed by atoms with Crippen molar-refractivity contribution in [2.45, 2.75) is 25.8 Å². The van der Waals surface area contributed by atoms with Gasteiger partial charge < -0.3 is 19.5 Å². The van der Waals surface area contributed by atoms with Crippen LogP contribution in [-0.4, -0.2) is 43.4 Å². The van der Waals surface area contributed by atoms with Crippen LogP contribution in [-0.2, 0) is 11.2 Å². The molecule has 1 amide bonds. The Hall–Kier alpha value is -2.34. The number of benzene rings is 1. The predicted octanol–water partition coefficient (Wildman–Crippen LogP) is 2.26. The summed E-state index contributed by atoms with van der Waals surface area (Å²) >= 11 is 0. The van der Waals surface area contributed by atoms with Gasteiger partial charge in [-0.1, -0.05) is 35.5 Å². The van der Waals surface area contributed by atoms with Crippen molar-refractivity contribution in [2.75, 3.05) is 31.2 Å². The molecule has 0 bridgehead atoms. The fourth-order valence-corrected chi connectivity index (χ4v) is 2.70. The van der Waals surface area contributed by atoms with E-state index < -0.39 is 0 Å². The van der Waals surface area contributed by atoms with Gasteiger partial charge in [-0.2, -0.15) is 0 Å². The molecule has 1 saturated heterocycles. The SMILES string of the molecule is C[C@H](CCc1ccccc1)NC(=O)c1cc(N2CCOCC2)on1. The van der Waals surface area contributed by atoms with Gasteiger partial charge in [0, 0.05) is 25.2 Å². The summed E-state index contributed by atoms with van der Waals surface area (Å²) < 4.78 is 10.6. The fraction of sp³-hybridized carbons (Fsp3) is 0.444. The number of aromatic nitrogens is 1. The first kappa shape index (κ1) is 16.5. The normalized spacial score (nSPS) is 16.0. The molecule has 24 heavy (non-hydrogen) atoms. The van der Waals surface area contributed by atoms with E-state index in [9.17, 15) is 4.79 Å². The molecule has 0 radical (unpaired) electrons. The Balaban J connectivity index is 1.50. The number of rotatable bonds is 6. The van der Waals surface area contributed by atoms with E-state index in [0.29, 0.717) is 24.8 Å². The van der Waals surface area contributed by atoms with Gasteiger partial charge in [0.2, 0.25) is 5.88 Å².